The number of hydrogen-bond donors (Lipinski definition) is 0. The molecule has 33 heavy (non-hydrogen) atoms. The van der Waals surface area contributed by atoms with Crippen molar-refractivity contribution in [2.24, 2.45) is 0 Å². The molecule has 0 unspecified atom stereocenters. The molecule has 0 N–H and O–H groups in total. The second kappa shape index (κ2) is 7.90. The molecule has 0 saturated carbocycles. The van der Waals surface area contributed by atoms with Crippen LogP contribution in [0.25, 0.3) is 44.5 Å². The van der Waals surface area contributed by atoms with E-state index in [9.17, 15) is 0 Å². The summed E-state index contributed by atoms with van der Waals surface area (Å²) in [6.07, 6.45) is 0.995. The minimum atomic E-state index is 0.995. The Kier molecular flexibility index (Phi) is 4.73. The van der Waals surface area contributed by atoms with E-state index in [1.807, 2.05) is 0 Å². The van der Waals surface area contributed by atoms with Crippen molar-refractivity contribution in [1.29, 1.82) is 0 Å². The van der Waals surface area contributed by atoms with Gasteiger partial charge < -0.3 is 0 Å². The van der Waals surface area contributed by atoms with E-state index in [1.54, 1.807) is 0 Å². The maximum absolute atomic E-state index is 2.32. The second-order valence-corrected chi connectivity index (χ2v) is 9.01. The van der Waals surface area contributed by atoms with E-state index in [0.29, 0.717) is 0 Å². The summed E-state index contributed by atoms with van der Waals surface area (Å²) in [5.41, 5.74) is 16.2. The number of rotatable bonds is 3. The molecule has 0 aliphatic heterocycles. The molecule has 158 valence electrons. The Hall–Kier alpha value is -3.90. The summed E-state index contributed by atoms with van der Waals surface area (Å²) in [5.74, 6) is 0. The monoisotopic (exact) mass is 422 g/mol. The maximum atomic E-state index is 2.32. The third-order valence-electron chi connectivity index (χ3n) is 7.16. The van der Waals surface area contributed by atoms with Gasteiger partial charge in [-0.3, -0.25) is 0 Å². The number of benzene rings is 5. The second-order valence-electron chi connectivity index (χ2n) is 9.01. The first kappa shape index (κ1) is 19.8. The first-order chi connectivity index (χ1) is 16.2. The molecule has 0 amide bonds. The smallest absolute Gasteiger partial charge is 0.000728 e. The van der Waals surface area contributed by atoms with Gasteiger partial charge >= 0.3 is 0 Å². The fraction of sp³-hybridized carbons (Fsp3) is 0.0909. The first-order valence-corrected chi connectivity index (χ1v) is 11.7. The lowest BCUT2D eigenvalue weighted by Gasteiger charge is -2.20. The number of hydrogen-bond acceptors (Lipinski definition) is 0. The van der Waals surface area contributed by atoms with Gasteiger partial charge in [0.2, 0.25) is 0 Å². The van der Waals surface area contributed by atoms with Gasteiger partial charge in [-0.15, -0.1) is 0 Å². The van der Waals surface area contributed by atoms with E-state index >= 15 is 0 Å². The average molecular weight is 423 g/mol. The van der Waals surface area contributed by atoms with Gasteiger partial charge in [0.15, 0.2) is 0 Å². The summed E-state index contributed by atoms with van der Waals surface area (Å²) < 4.78 is 0. The highest BCUT2D eigenvalue weighted by atomic mass is 14.3. The van der Waals surface area contributed by atoms with E-state index < -0.39 is 0 Å². The number of aryl methyl sites for hydroxylation is 1. The largest absolute Gasteiger partial charge is 0.0622 e. The molecule has 5 aromatic rings. The zero-order chi connectivity index (χ0) is 22.4. The molecule has 0 atom stereocenters. The maximum Gasteiger partial charge on any atom is -0.000728 e. The van der Waals surface area contributed by atoms with Gasteiger partial charge in [-0.25, -0.2) is 0 Å². The lowest BCUT2D eigenvalue weighted by Crippen LogP contribution is -1.97. The Bertz CT molecular complexity index is 1490. The van der Waals surface area contributed by atoms with Gasteiger partial charge in [0.05, 0.1) is 0 Å². The number of fused-ring (bicyclic) bond motifs is 3. The van der Waals surface area contributed by atoms with E-state index in [-0.39, 0.29) is 0 Å². The first-order valence-electron chi connectivity index (χ1n) is 11.7. The lowest BCUT2D eigenvalue weighted by molar-refractivity contribution is 1.25. The molecule has 5 aromatic carbocycles. The Morgan fingerprint density at radius 2 is 1.09 bits per heavy atom. The third-order valence-corrected chi connectivity index (χ3v) is 7.16. The van der Waals surface area contributed by atoms with Crippen molar-refractivity contribution >= 4 is 0 Å². The highest BCUT2D eigenvalue weighted by Crippen LogP contribution is 2.46. The molecule has 0 aromatic heterocycles. The van der Waals surface area contributed by atoms with Crippen LogP contribution >= 0.6 is 0 Å². The molecule has 0 spiro atoms. The Morgan fingerprint density at radius 1 is 0.455 bits per heavy atom. The highest BCUT2D eigenvalue weighted by Gasteiger charge is 2.24. The van der Waals surface area contributed by atoms with Gasteiger partial charge in [-0.1, -0.05) is 109 Å². The fourth-order valence-electron chi connectivity index (χ4n) is 5.37. The predicted octanol–water partition coefficient (Wildman–Crippen LogP) is 8.88. The van der Waals surface area contributed by atoms with Crippen molar-refractivity contribution in [3.05, 3.63) is 131 Å². The van der Waals surface area contributed by atoms with Crippen LogP contribution in [0.15, 0.2) is 109 Å². The van der Waals surface area contributed by atoms with Crippen LogP contribution < -0.4 is 0 Å². The van der Waals surface area contributed by atoms with Crippen LogP contribution in [0.3, 0.4) is 0 Å². The molecule has 0 bridgehead atoms. The Labute approximate surface area is 196 Å². The van der Waals surface area contributed by atoms with Crippen molar-refractivity contribution in [2.75, 3.05) is 0 Å². The topological polar surface area (TPSA) is 0 Å². The van der Waals surface area contributed by atoms with Gasteiger partial charge in [0, 0.05) is 0 Å². The van der Waals surface area contributed by atoms with Crippen LogP contribution in [0.1, 0.15) is 22.3 Å². The summed E-state index contributed by atoms with van der Waals surface area (Å²) in [5, 5.41) is 0. The van der Waals surface area contributed by atoms with Gasteiger partial charge in [-0.2, -0.15) is 0 Å². The molecule has 6 rings (SSSR count). The Balaban J connectivity index is 1.62. The third kappa shape index (κ3) is 3.22. The predicted molar refractivity (Wildman–Crippen MR) is 140 cm³/mol. The van der Waals surface area contributed by atoms with Crippen LogP contribution in [-0.2, 0) is 6.42 Å². The van der Waals surface area contributed by atoms with E-state index in [4.69, 9.17) is 0 Å². The Morgan fingerprint density at radius 3 is 1.91 bits per heavy atom. The van der Waals surface area contributed by atoms with Gasteiger partial charge in [0.1, 0.15) is 0 Å². The molecule has 0 heterocycles. The van der Waals surface area contributed by atoms with Crippen molar-refractivity contribution in [3.8, 4) is 44.5 Å². The van der Waals surface area contributed by atoms with Crippen molar-refractivity contribution in [2.45, 2.75) is 20.3 Å². The van der Waals surface area contributed by atoms with Crippen LogP contribution in [-0.4, -0.2) is 0 Å². The van der Waals surface area contributed by atoms with Crippen LogP contribution in [0.5, 0.6) is 0 Å². The normalized spacial score (nSPS) is 11.8. The highest BCUT2D eigenvalue weighted by molar-refractivity contribution is 5.96. The quantitative estimate of drug-likeness (QED) is 0.267. The van der Waals surface area contributed by atoms with Crippen molar-refractivity contribution in [1.82, 2.24) is 0 Å². The van der Waals surface area contributed by atoms with Crippen LogP contribution in [0.4, 0.5) is 0 Å². The molecule has 0 fully saturated rings. The summed E-state index contributed by atoms with van der Waals surface area (Å²) in [6.45, 7) is 4.50. The van der Waals surface area contributed by atoms with Crippen LogP contribution in [0.2, 0.25) is 0 Å². The fourth-order valence-corrected chi connectivity index (χ4v) is 5.37. The zero-order valence-corrected chi connectivity index (χ0v) is 19.1. The van der Waals surface area contributed by atoms with E-state index in [1.165, 1.54) is 66.8 Å². The standard InChI is InChI=1S/C33H26/c1-22-19-20-31(28-16-9-8-14-26(28)24-11-4-3-5-12-24)33(23(22)2)30-18-10-17-29-27-15-7-6-13-25(27)21-32(29)30/h3-20H,21H2,1-2H3. The van der Waals surface area contributed by atoms with Crippen molar-refractivity contribution in [3.63, 3.8) is 0 Å². The summed E-state index contributed by atoms with van der Waals surface area (Å²) in [4.78, 5) is 0. The van der Waals surface area contributed by atoms with Crippen LogP contribution in [0, 0.1) is 13.8 Å². The molecule has 1 aliphatic carbocycles. The van der Waals surface area contributed by atoms with Gasteiger partial charge in [0.25, 0.3) is 0 Å². The molecule has 0 radical (unpaired) electrons. The molecule has 0 nitrogen and oxygen atoms in total. The average Bonchev–Trinajstić information content (AvgIpc) is 3.25. The van der Waals surface area contributed by atoms with Gasteiger partial charge in [-0.05, 0) is 87.0 Å². The molecular weight excluding hydrogens is 396 g/mol. The molecular formula is C33H26. The van der Waals surface area contributed by atoms with Crippen molar-refractivity contribution < 1.29 is 0 Å². The molecule has 0 saturated heterocycles. The van der Waals surface area contributed by atoms with E-state index in [2.05, 4.69) is 123 Å². The minimum Gasteiger partial charge on any atom is -0.0622 e. The SMILES string of the molecule is Cc1ccc(-c2ccccc2-c2ccccc2)c(-c2cccc3c2Cc2ccccc2-3)c1C. The summed E-state index contributed by atoms with van der Waals surface area (Å²) in [6, 6.07) is 39.8. The lowest BCUT2D eigenvalue weighted by atomic mass is 9.83. The van der Waals surface area contributed by atoms with E-state index in [0.717, 1.165) is 6.42 Å². The molecule has 0 heteroatoms. The molecule has 1 aliphatic rings. The minimum absolute atomic E-state index is 0.995. The summed E-state index contributed by atoms with van der Waals surface area (Å²) in [7, 11) is 0. The zero-order valence-electron chi connectivity index (χ0n) is 19.1. The summed E-state index contributed by atoms with van der Waals surface area (Å²) >= 11 is 0.